The molecule has 0 aliphatic carbocycles. The van der Waals surface area contributed by atoms with Gasteiger partial charge in [-0.1, -0.05) is 24.3 Å². The van der Waals surface area contributed by atoms with E-state index in [0.29, 0.717) is 35.7 Å². The lowest BCUT2D eigenvalue weighted by Crippen LogP contribution is -2.70. The highest BCUT2D eigenvalue weighted by Gasteiger charge is 2.54. The van der Waals surface area contributed by atoms with Crippen LogP contribution in [-0.2, 0) is 19.2 Å². The first kappa shape index (κ1) is 28.2. The number of rotatable bonds is 7. The van der Waals surface area contributed by atoms with Crippen LogP contribution in [0.1, 0.15) is 6.42 Å². The van der Waals surface area contributed by atoms with E-state index in [0.717, 1.165) is 4.90 Å². The van der Waals surface area contributed by atoms with Crippen molar-refractivity contribution < 1.29 is 24.3 Å². The topological polar surface area (TPSA) is 149 Å². The number of amides is 3. The third kappa shape index (κ3) is 6.36. The molecular formula is C28H26N6O5S2. The number of benzene rings is 1. The molecule has 3 aromatic rings. The van der Waals surface area contributed by atoms with Gasteiger partial charge >= 0.3 is 5.97 Å². The van der Waals surface area contributed by atoms with Crippen LogP contribution in [-0.4, -0.2) is 78.1 Å². The van der Waals surface area contributed by atoms with Crippen LogP contribution in [0.4, 0.5) is 5.82 Å². The average Bonchev–Trinajstić information content (AvgIpc) is 3.70. The molecule has 3 aliphatic heterocycles. The zero-order valence-electron chi connectivity index (χ0n) is 21.7. The number of carboxylic acids is 1. The van der Waals surface area contributed by atoms with E-state index in [1.165, 1.54) is 28.4 Å². The number of nitrogens with zero attached hydrogens (tertiary/aromatic N) is 4. The molecule has 3 aliphatic rings. The molecule has 6 rings (SSSR count). The number of H-pyrrole nitrogens is 1. The molecule has 2 atom stereocenters. The molecule has 11 nitrogen and oxygen atoms in total. The minimum Gasteiger partial charge on any atom is -0.477 e. The van der Waals surface area contributed by atoms with E-state index in [2.05, 4.69) is 20.3 Å². The van der Waals surface area contributed by atoms with Gasteiger partial charge in [0.25, 0.3) is 11.8 Å². The van der Waals surface area contributed by atoms with E-state index >= 15 is 0 Å². The van der Waals surface area contributed by atoms with Crippen molar-refractivity contribution in [1.82, 2.24) is 25.2 Å². The van der Waals surface area contributed by atoms with Crippen molar-refractivity contribution in [2.75, 3.05) is 23.0 Å². The molecule has 3 amide bonds. The predicted molar refractivity (Wildman–Crippen MR) is 155 cm³/mol. The van der Waals surface area contributed by atoms with Crippen LogP contribution in [0.3, 0.4) is 0 Å². The molecule has 0 unspecified atom stereocenters. The number of carboxylic acid groups (broad SMARTS) is 1. The van der Waals surface area contributed by atoms with Crippen LogP contribution >= 0.6 is 23.5 Å². The number of carbonyl (C=O) groups is 4. The molecular weight excluding hydrogens is 564 g/mol. The predicted octanol–water partition coefficient (Wildman–Crippen LogP) is 2.69. The van der Waals surface area contributed by atoms with Crippen LogP contribution in [0.15, 0.2) is 101 Å². The molecule has 41 heavy (non-hydrogen) atoms. The molecule has 210 valence electrons. The molecule has 2 saturated heterocycles. The molecule has 0 bridgehead atoms. The Balaban J connectivity index is 0.000000610. The number of allylic oxidation sites excluding steroid dienone is 1. The van der Waals surface area contributed by atoms with E-state index in [9.17, 15) is 24.3 Å². The fourth-order valence-corrected chi connectivity index (χ4v) is 6.58. The Kier molecular flexibility index (Phi) is 8.85. The van der Waals surface area contributed by atoms with Gasteiger partial charge in [0, 0.05) is 41.4 Å². The summed E-state index contributed by atoms with van der Waals surface area (Å²) in [6.07, 6.45) is 8.73. The summed E-state index contributed by atoms with van der Waals surface area (Å²) in [5.41, 5.74) is 0.751. The monoisotopic (exact) mass is 590 g/mol. The number of nitrogens with one attached hydrogen (secondary N) is 2. The van der Waals surface area contributed by atoms with Crippen LogP contribution in [0.2, 0.25) is 0 Å². The third-order valence-corrected chi connectivity index (χ3v) is 8.75. The number of hydrogen-bond acceptors (Lipinski definition) is 8. The Hall–Kier alpha value is -4.36. The lowest BCUT2D eigenvalue weighted by Gasteiger charge is -2.49. The summed E-state index contributed by atoms with van der Waals surface area (Å²) in [7, 11) is 0. The lowest BCUT2D eigenvalue weighted by molar-refractivity contribution is -0.150. The molecule has 3 N–H and O–H groups in total. The minimum atomic E-state index is -1.24. The van der Waals surface area contributed by atoms with Gasteiger partial charge < -0.3 is 15.4 Å². The number of pyridine rings is 1. The van der Waals surface area contributed by atoms with E-state index in [-0.39, 0.29) is 23.3 Å². The Labute approximate surface area is 244 Å². The summed E-state index contributed by atoms with van der Waals surface area (Å²) in [5.74, 6) is -1.22. The number of anilines is 1. The molecule has 5 heterocycles. The summed E-state index contributed by atoms with van der Waals surface area (Å²) in [6.45, 7) is 0.449. The number of fused-ring (bicyclic) bond motifs is 1. The number of carbonyl (C=O) groups excluding carboxylic acids is 3. The van der Waals surface area contributed by atoms with Gasteiger partial charge in [-0.05, 0) is 42.3 Å². The molecule has 13 heteroatoms. The van der Waals surface area contributed by atoms with E-state index in [1.54, 1.807) is 54.1 Å². The Morgan fingerprint density at radius 1 is 1.15 bits per heavy atom. The van der Waals surface area contributed by atoms with Crippen LogP contribution in [0.25, 0.3) is 0 Å². The second kappa shape index (κ2) is 12.9. The normalized spacial score (nSPS) is 20.7. The van der Waals surface area contributed by atoms with Crippen molar-refractivity contribution in [3.05, 3.63) is 96.4 Å². The lowest BCUT2D eigenvalue weighted by atomic mass is 10.0. The standard InChI is InChI=1S/C25H22N4O5S2.C3H4N2/c30-19(14-35-17-6-2-1-3-7-17)27-20-23(32)29-21(25(33)34)16(13-36-24(20)29)12-15-9-11-28(22(15)31)18-8-4-5-10-26-18;1-2-5-3-4-1/h1-8,10,12,20,24H,9,11,13-14H2,(H,27,30)(H,33,34);1-3H,(H,4,5)/t20-,24-;/m1./s1. The van der Waals surface area contributed by atoms with Crippen molar-refractivity contribution in [2.24, 2.45) is 0 Å². The number of thioether (sulfide) groups is 2. The first-order valence-corrected chi connectivity index (χ1v) is 14.7. The average molecular weight is 591 g/mol. The van der Waals surface area contributed by atoms with Gasteiger partial charge in [0.1, 0.15) is 22.9 Å². The van der Waals surface area contributed by atoms with Crippen molar-refractivity contribution in [3.63, 3.8) is 0 Å². The van der Waals surface area contributed by atoms with E-state index in [1.807, 2.05) is 30.3 Å². The van der Waals surface area contributed by atoms with Crippen LogP contribution in [0.5, 0.6) is 0 Å². The summed E-state index contributed by atoms with van der Waals surface area (Å²) >= 11 is 2.74. The quantitative estimate of drug-likeness (QED) is 0.215. The maximum absolute atomic E-state index is 12.9. The molecule has 0 radical (unpaired) electrons. The second-order valence-corrected chi connectivity index (χ2v) is 11.2. The van der Waals surface area contributed by atoms with Crippen molar-refractivity contribution in [1.29, 1.82) is 0 Å². The maximum atomic E-state index is 12.9. The van der Waals surface area contributed by atoms with Gasteiger partial charge in [0.15, 0.2) is 0 Å². The second-order valence-electron chi connectivity index (χ2n) is 9.06. The van der Waals surface area contributed by atoms with Gasteiger partial charge in [0.2, 0.25) is 5.91 Å². The van der Waals surface area contributed by atoms with Crippen LogP contribution in [0, 0.1) is 0 Å². The first-order chi connectivity index (χ1) is 19.9. The van der Waals surface area contributed by atoms with Gasteiger partial charge in [-0.3, -0.25) is 24.2 Å². The molecule has 2 aromatic heterocycles. The molecule has 0 spiro atoms. The third-order valence-electron chi connectivity index (χ3n) is 6.43. The Morgan fingerprint density at radius 3 is 2.61 bits per heavy atom. The highest BCUT2D eigenvalue weighted by Crippen LogP contribution is 2.41. The van der Waals surface area contributed by atoms with E-state index in [4.69, 9.17) is 0 Å². The zero-order chi connectivity index (χ0) is 28.8. The highest BCUT2D eigenvalue weighted by molar-refractivity contribution is 8.00. The number of aliphatic carboxylic acids is 1. The van der Waals surface area contributed by atoms with Crippen molar-refractivity contribution in [3.8, 4) is 0 Å². The Morgan fingerprint density at radius 2 is 1.95 bits per heavy atom. The van der Waals surface area contributed by atoms with Gasteiger partial charge in [-0.2, -0.15) is 0 Å². The number of imidazole rings is 1. The van der Waals surface area contributed by atoms with Gasteiger partial charge in [0.05, 0.1) is 12.1 Å². The number of aromatic amines is 1. The molecule has 1 aromatic carbocycles. The molecule has 2 fully saturated rings. The van der Waals surface area contributed by atoms with Crippen molar-refractivity contribution >= 4 is 53.0 Å². The fourth-order valence-electron chi connectivity index (χ4n) is 4.54. The van der Waals surface area contributed by atoms with Gasteiger partial charge in [-0.15, -0.1) is 23.5 Å². The number of hydrogen-bond donors (Lipinski definition) is 3. The fraction of sp³-hybridized carbons (Fsp3) is 0.214. The number of β-lactam (4-membered cyclic amide) rings is 1. The van der Waals surface area contributed by atoms with E-state index < -0.39 is 23.3 Å². The smallest absolute Gasteiger partial charge is 0.352 e. The summed E-state index contributed by atoms with van der Waals surface area (Å²) in [6, 6.07) is 14.0. The Bertz CT molecular complexity index is 1460. The molecule has 0 saturated carbocycles. The minimum absolute atomic E-state index is 0.135. The zero-order valence-corrected chi connectivity index (χ0v) is 23.3. The highest BCUT2D eigenvalue weighted by atomic mass is 32.2. The largest absolute Gasteiger partial charge is 0.477 e. The summed E-state index contributed by atoms with van der Waals surface area (Å²) in [4.78, 5) is 64.8. The summed E-state index contributed by atoms with van der Waals surface area (Å²) in [5, 5.41) is 12.2. The summed E-state index contributed by atoms with van der Waals surface area (Å²) < 4.78 is 0. The van der Waals surface area contributed by atoms with Crippen molar-refractivity contribution in [2.45, 2.75) is 22.7 Å². The maximum Gasteiger partial charge on any atom is 0.352 e. The number of aromatic nitrogens is 3. The SMILES string of the molecule is O=C(CSc1ccccc1)N[C@@H]1C(=O)N2C(C(=O)O)=C(C=C3CCN(c4ccccn4)C3=O)CS[C@H]12.c1c[nH]cn1. The van der Waals surface area contributed by atoms with Gasteiger partial charge in [-0.25, -0.2) is 14.8 Å². The first-order valence-electron chi connectivity index (χ1n) is 12.7. The van der Waals surface area contributed by atoms with Crippen LogP contribution < -0.4 is 10.2 Å².